The van der Waals surface area contributed by atoms with E-state index in [1.165, 1.54) is 25.7 Å². The van der Waals surface area contributed by atoms with Gasteiger partial charge in [0, 0.05) is 6.04 Å². The van der Waals surface area contributed by atoms with Gasteiger partial charge >= 0.3 is 0 Å². The van der Waals surface area contributed by atoms with Crippen LogP contribution in [-0.4, -0.2) is 6.04 Å². The first-order chi connectivity index (χ1) is 4.34. The maximum absolute atomic E-state index is 5.53. The van der Waals surface area contributed by atoms with Crippen LogP contribution in [-0.2, 0) is 0 Å². The minimum absolute atomic E-state index is 0.570. The molecule has 0 heterocycles. The summed E-state index contributed by atoms with van der Waals surface area (Å²) in [5, 5.41) is 0. The van der Waals surface area contributed by atoms with Crippen molar-refractivity contribution in [3.8, 4) is 0 Å². The third-order valence-corrected chi connectivity index (χ3v) is 2.53. The van der Waals surface area contributed by atoms with Gasteiger partial charge in [-0.05, 0) is 30.5 Å². The first-order valence-electron chi connectivity index (χ1n) is 3.70. The van der Waals surface area contributed by atoms with Crippen molar-refractivity contribution in [2.45, 2.75) is 38.6 Å². The highest BCUT2D eigenvalue weighted by atomic mass is 35.5. The normalized spacial score (nSPS) is 36.7. The second-order valence-electron chi connectivity index (χ2n) is 2.98. The highest BCUT2D eigenvalue weighted by Crippen LogP contribution is 2.23. The van der Waals surface area contributed by atoms with E-state index in [4.69, 9.17) is 11.8 Å². The van der Waals surface area contributed by atoms with E-state index in [9.17, 15) is 0 Å². The Bertz CT molecular complexity index is 85.0. The maximum Gasteiger partial charge on any atom is 0.0246 e. The van der Waals surface area contributed by atoms with Crippen molar-refractivity contribution >= 4 is 11.8 Å². The molecule has 0 radical (unpaired) electrons. The van der Waals surface area contributed by atoms with Crippen molar-refractivity contribution in [3.05, 3.63) is 0 Å². The number of hydrogen-bond acceptors (Lipinski definition) is 1. The molecule has 54 valence electrons. The Morgan fingerprint density at radius 1 is 1.33 bits per heavy atom. The Labute approximate surface area is 61.9 Å². The van der Waals surface area contributed by atoms with Crippen molar-refractivity contribution in [1.29, 1.82) is 0 Å². The molecule has 0 aromatic carbocycles. The van der Waals surface area contributed by atoms with Crippen LogP contribution >= 0.6 is 11.8 Å². The lowest BCUT2D eigenvalue weighted by molar-refractivity contribution is 0.314. The van der Waals surface area contributed by atoms with Crippen LogP contribution in [0.25, 0.3) is 0 Å². The van der Waals surface area contributed by atoms with E-state index >= 15 is 0 Å². The Kier molecular flexibility index (Phi) is 2.80. The quantitative estimate of drug-likeness (QED) is 0.562. The van der Waals surface area contributed by atoms with E-state index in [1.807, 2.05) is 0 Å². The van der Waals surface area contributed by atoms with Gasteiger partial charge in [-0.1, -0.05) is 19.8 Å². The van der Waals surface area contributed by atoms with Gasteiger partial charge in [0.25, 0.3) is 0 Å². The average molecular weight is 148 g/mol. The molecule has 0 amide bonds. The monoisotopic (exact) mass is 147 g/mol. The number of halogens is 1. The molecule has 0 spiro atoms. The van der Waals surface area contributed by atoms with Crippen molar-refractivity contribution in [3.63, 3.8) is 0 Å². The van der Waals surface area contributed by atoms with Gasteiger partial charge in [-0.2, -0.15) is 0 Å². The maximum atomic E-state index is 5.53. The molecule has 1 nitrogen and oxygen atoms in total. The fourth-order valence-corrected chi connectivity index (χ4v) is 1.80. The smallest absolute Gasteiger partial charge is 0.0246 e. The first-order valence-corrected chi connectivity index (χ1v) is 4.08. The summed E-state index contributed by atoms with van der Waals surface area (Å²) in [4.78, 5) is 2.83. The van der Waals surface area contributed by atoms with Crippen LogP contribution in [0.3, 0.4) is 0 Å². The number of nitrogens with one attached hydrogen (secondary N) is 1. The van der Waals surface area contributed by atoms with Crippen molar-refractivity contribution in [2.24, 2.45) is 5.92 Å². The summed E-state index contributed by atoms with van der Waals surface area (Å²) in [6.07, 6.45) is 5.32. The Morgan fingerprint density at radius 3 is 2.44 bits per heavy atom. The SMILES string of the molecule is C[C@@H]1CCCC[C@H]1NCl. The summed E-state index contributed by atoms with van der Waals surface area (Å²) in [7, 11) is 0. The van der Waals surface area contributed by atoms with Crippen LogP contribution in [0, 0.1) is 5.92 Å². The molecule has 0 aromatic rings. The Hall–Kier alpha value is 0.250. The Morgan fingerprint density at radius 2 is 2.00 bits per heavy atom. The summed E-state index contributed by atoms with van der Waals surface area (Å²) in [6.45, 7) is 2.26. The number of rotatable bonds is 1. The van der Waals surface area contributed by atoms with E-state index < -0.39 is 0 Å². The molecule has 9 heavy (non-hydrogen) atoms. The summed E-state index contributed by atoms with van der Waals surface area (Å²) >= 11 is 5.53. The molecule has 1 rings (SSSR count). The van der Waals surface area contributed by atoms with E-state index in [0.29, 0.717) is 6.04 Å². The van der Waals surface area contributed by atoms with Gasteiger partial charge < -0.3 is 0 Å². The zero-order valence-electron chi connectivity index (χ0n) is 5.86. The molecule has 0 aromatic heterocycles. The van der Waals surface area contributed by atoms with Crippen LogP contribution in [0.1, 0.15) is 32.6 Å². The second kappa shape index (κ2) is 3.43. The molecule has 0 aliphatic heterocycles. The van der Waals surface area contributed by atoms with Crippen LogP contribution in [0.15, 0.2) is 0 Å². The molecule has 0 unspecified atom stereocenters. The highest BCUT2D eigenvalue weighted by Gasteiger charge is 2.19. The molecular weight excluding hydrogens is 134 g/mol. The molecule has 0 bridgehead atoms. The molecule has 2 atom stereocenters. The number of hydrogen-bond donors (Lipinski definition) is 1. The average Bonchev–Trinajstić information content (AvgIpc) is 1.89. The summed E-state index contributed by atoms with van der Waals surface area (Å²) in [5.41, 5.74) is 0. The topological polar surface area (TPSA) is 12.0 Å². The lowest BCUT2D eigenvalue weighted by Gasteiger charge is -2.26. The van der Waals surface area contributed by atoms with Gasteiger partial charge in [0.2, 0.25) is 0 Å². The molecule has 1 N–H and O–H groups in total. The predicted octanol–water partition coefficient (Wildman–Crippen LogP) is 2.31. The zero-order chi connectivity index (χ0) is 6.69. The molecular formula is C7H14ClN. The first kappa shape index (κ1) is 7.36. The van der Waals surface area contributed by atoms with Crippen molar-refractivity contribution in [1.82, 2.24) is 4.84 Å². The predicted molar refractivity (Wildman–Crippen MR) is 40.4 cm³/mol. The van der Waals surface area contributed by atoms with Crippen LogP contribution in [0.5, 0.6) is 0 Å². The van der Waals surface area contributed by atoms with Crippen LogP contribution in [0.4, 0.5) is 0 Å². The van der Waals surface area contributed by atoms with Gasteiger partial charge in [-0.3, -0.25) is 0 Å². The zero-order valence-corrected chi connectivity index (χ0v) is 6.62. The van der Waals surface area contributed by atoms with Crippen molar-refractivity contribution < 1.29 is 0 Å². The third kappa shape index (κ3) is 1.84. The van der Waals surface area contributed by atoms with Crippen molar-refractivity contribution in [2.75, 3.05) is 0 Å². The van der Waals surface area contributed by atoms with E-state index in [0.717, 1.165) is 5.92 Å². The van der Waals surface area contributed by atoms with Crippen LogP contribution in [0.2, 0.25) is 0 Å². The molecule has 1 aliphatic rings. The fraction of sp³-hybridized carbons (Fsp3) is 1.00. The highest BCUT2D eigenvalue weighted by molar-refractivity contribution is 6.13. The van der Waals surface area contributed by atoms with Gasteiger partial charge in [0.05, 0.1) is 0 Å². The lowest BCUT2D eigenvalue weighted by atomic mass is 9.87. The van der Waals surface area contributed by atoms with E-state index in [2.05, 4.69) is 11.8 Å². The summed E-state index contributed by atoms with van der Waals surface area (Å²) < 4.78 is 0. The second-order valence-corrected chi connectivity index (χ2v) is 3.20. The molecule has 1 aliphatic carbocycles. The van der Waals surface area contributed by atoms with Gasteiger partial charge in [0.1, 0.15) is 0 Å². The fourth-order valence-electron chi connectivity index (χ4n) is 1.48. The minimum atomic E-state index is 0.570. The van der Waals surface area contributed by atoms with E-state index in [-0.39, 0.29) is 0 Å². The molecule has 1 saturated carbocycles. The van der Waals surface area contributed by atoms with Gasteiger partial charge in [0.15, 0.2) is 0 Å². The Balaban J connectivity index is 2.30. The summed E-state index contributed by atoms with van der Waals surface area (Å²) in [6, 6.07) is 0.570. The molecule has 0 saturated heterocycles. The molecule has 1 fully saturated rings. The van der Waals surface area contributed by atoms with E-state index in [1.54, 1.807) is 0 Å². The van der Waals surface area contributed by atoms with Gasteiger partial charge in [-0.25, -0.2) is 4.84 Å². The lowest BCUT2D eigenvalue weighted by Crippen LogP contribution is -2.31. The van der Waals surface area contributed by atoms with Gasteiger partial charge in [-0.15, -0.1) is 0 Å². The summed E-state index contributed by atoms with van der Waals surface area (Å²) in [5.74, 6) is 0.774. The minimum Gasteiger partial charge on any atom is -0.230 e. The molecule has 2 heteroatoms. The van der Waals surface area contributed by atoms with Crippen LogP contribution < -0.4 is 4.84 Å². The third-order valence-electron chi connectivity index (χ3n) is 2.25. The standard InChI is InChI=1S/C7H14ClN/c1-6-4-2-3-5-7(6)9-8/h6-7,9H,2-5H2,1H3/t6-,7-/m1/s1. The largest absolute Gasteiger partial charge is 0.230 e.